The van der Waals surface area contributed by atoms with Crippen LogP contribution in [0.25, 0.3) is 0 Å². The fourth-order valence-corrected chi connectivity index (χ4v) is 1.28. The van der Waals surface area contributed by atoms with E-state index in [0.717, 1.165) is 24.5 Å². The fraction of sp³-hybridized carbons (Fsp3) is 0.538. The van der Waals surface area contributed by atoms with Crippen LogP contribution in [-0.2, 0) is 0 Å². The Hall–Kier alpha value is -1.56. The van der Waals surface area contributed by atoms with E-state index in [9.17, 15) is 0 Å². The summed E-state index contributed by atoms with van der Waals surface area (Å²) < 4.78 is 0. The van der Waals surface area contributed by atoms with Crippen LogP contribution in [0.2, 0.25) is 0 Å². The maximum Gasteiger partial charge on any atom is 0.127 e. The number of aryl methyl sites for hydroxylation is 1. The van der Waals surface area contributed by atoms with Gasteiger partial charge in [-0.05, 0) is 30.9 Å². The smallest absolute Gasteiger partial charge is 0.127 e. The Morgan fingerprint density at radius 1 is 1.44 bits per heavy atom. The summed E-state index contributed by atoms with van der Waals surface area (Å²) in [6.07, 6.45) is 1.11. The van der Waals surface area contributed by atoms with Crippen molar-refractivity contribution in [2.24, 2.45) is 5.41 Å². The van der Waals surface area contributed by atoms with Gasteiger partial charge in [-0.2, -0.15) is 5.26 Å². The number of hydrogen-bond acceptors (Lipinski definition) is 3. The van der Waals surface area contributed by atoms with Crippen LogP contribution in [0.4, 0.5) is 5.82 Å². The Labute approximate surface area is 97.5 Å². The SMILES string of the molecule is CCC(C)(C)CNc1cc(C#N)cc(C)n1. The largest absolute Gasteiger partial charge is 0.369 e. The summed E-state index contributed by atoms with van der Waals surface area (Å²) in [5.41, 5.74) is 1.78. The van der Waals surface area contributed by atoms with E-state index >= 15 is 0 Å². The van der Waals surface area contributed by atoms with Crippen molar-refractivity contribution < 1.29 is 0 Å². The Balaban J connectivity index is 2.75. The van der Waals surface area contributed by atoms with E-state index in [0.29, 0.717) is 5.56 Å². The van der Waals surface area contributed by atoms with Crippen molar-refractivity contribution in [2.45, 2.75) is 34.1 Å². The second-order valence-corrected chi connectivity index (χ2v) is 4.87. The van der Waals surface area contributed by atoms with E-state index in [1.165, 1.54) is 0 Å². The number of anilines is 1. The fourth-order valence-electron chi connectivity index (χ4n) is 1.28. The molecule has 0 bridgehead atoms. The molecular formula is C13H19N3. The Kier molecular flexibility index (Phi) is 3.89. The highest BCUT2D eigenvalue weighted by Crippen LogP contribution is 2.20. The highest BCUT2D eigenvalue weighted by Gasteiger charge is 2.14. The van der Waals surface area contributed by atoms with Crippen LogP contribution in [0.15, 0.2) is 12.1 Å². The predicted molar refractivity (Wildman–Crippen MR) is 66.3 cm³/mol. The molecule has 0 aliphatic rings. The molecule has 1 aromatic heterocycles. The number of aromatic nitrogens is 1. The standard InChI is InChI=1S/C13H19N3/c1-5-13(3,4)9-15-12-7-11(8-14)6-10(2)16-12/h6-7H,5,9H2,1-4H3,(H,15,16). The summed E-state index contributed by atoms with van der Waals surface area (Å²) in [5.74, 6) is 0.790. The second kappa shape index (κ2) is 4.98. The Morgan fingerprint density at radius 2 is 2.12 bits per heavy atom. The van der Waals surface area contributed by atoms with Crippen molar-refractivity contribution in [3.05, 3.63) is 23.4 Å². The quantitative estimate of drug-likeness (QED) is 0.843. The molecule has 0 saturated carbocycles. The molecule has 0 unspecified atom stereocenters. The summed E-state index contributed by atoms with van der Waals surface area (Å²) >= 11 is 0. The van der Waals surface area contributed by atoms with Gasteiger partial charge < -0.3 is 5.32 Å². The summed E-state index contributed by atoms with van der Waals surface area (Å²) in [6, 6.07) is 5.72. The first kappa shape index (κ1) is 12.5. The molecule has 0 radical (unpaired) electrons. The molecule has 0 fully saturated rings. The van der Waals surface area contributed by atoms with E-state index < -0.39 is 0 Å². The Bertz CT molecular complexity index is 402. The molecule has 3 nitrogen and oxygen atoms in total. The molecule has 0 aromatic carbocycles. The molecular weight excluding hydrogens is 198 g/mol. The highest BCUT2D eigenvalue weighted by molar-refractivity contribution is 5.44. The van der Waals surface area contributed by atoms with Gasteiger partial charge in [0.1, 0.15) is 5.82 Å². The van der Waals surface area contributed by atoms with Crippen LogP contribution in [0, 0.1) is 23.7 Å². The first-order valence-electron chi connectivity index (χ1n) is 5.59. The van der Waals surface area contributed by atoms with Crippen molar-refractivity contribution in [2.75, 3.05) is 11.9 Å². The van der Waals surface area contributed by atoms with Crippen molar-refractivity contribution in [1.29, 1.82) is 5.26 Å². The summed E-state index contributed by atoms with van der Waals surface area (Å²) in [7, 11) is 0. The van der Waals surface area contributed by atoms with Crippen molar-refractivity contribution in [1.82, 2.24) is 4.98 Å². The summed E-state index contributed by atoms with van der Waals surface area (Å²) in [5, 5.41) is 12.1. The third kappa shape index (κ3) is 3.54. The van der Waals surface area contributed by atoms with Gasteiger partial charge >= 0.3 is 0 Å². The Morgan fingerprint density at radius 3 is 2.69 bits per heavy atom. The molecule has 0 aliphatic heterocycles. The molecule has 1 aromatic rings. The first-order chi connectivity index (χ1) is 7.46. The zero-order valence-corrected chi connectivity index (χ0v) is 10.5. The van der Waals surface area contributed by atoms with Crippen molar-refractivity contribution in [3.63, 3.8) is 0 Å². The molecule has 3 heteroatoms. The lowest BCUT2D eigenvalue weighted by Crippen LogP contribution is -2.22. The van der Waals surface area contributed by atoms with E-state index in [-0.39, 0.29) is 5.41 Å². The maximum absolute atomic E-state index is 8.86. The molecule has 0 aliphatic carbocycles. The minimum atomic E-state index is 0.248. The average Bonchev–Trinajstić information content (AvgIpc) is 2.26. The lowest BCUT2D eigenvalue weighted by atomic mass is 9.90. The lowest BCUT2D eigenvalue weighted by molar-refractivity contribution is 0.376. The molecule has 1 N–H and O–H groups in total. The molecule has 0 amide bonds. The van der Waals surface area contributed by atoms with Crippen LogP contribution in [-0.4, -0.2) is 11.5 Å². The van der Waals surface area contributed by atoms with Gasteiger partial charge in [0.15, 0.2) is 0 Å². The number of nitriles is 1. The number of rotatable bonds is 4. The van der Waals surface area contributed by atoms with Gasteiger partial charge in [-0.25, -0.2) is 4.98 Å². The van der Waals surface area contributed by atoms with Gasteiger partial charge in [-0.15, -0.1) is 0 Å². The molecule has 86 valence electrons. The number of nitrogens with zero attached hydrogens (tertiary/aromatic N) is 2. The number of pyridine rings is 1. The highest BCUT2D eigenvalue weighted by atomic mass is 15.0. The minimum Gasteiger partial charge on any atom is -0.369 e. The minimum absolute atomic E-state index is 0.248. The third-order valence-electron chi connectivity index (χ3n) is 2.79. The van der Waals surface area contributed by atoms with Crippen LogP contribution in [0.5, 0.6) is 0 Å². The third-order valence-corrected chi connectivity index (χ3v) is 2.79. The van der Waals surface area contributed by atoms with E-state index in [1.54, 1.807) is 12.1 Å². The normalized spacial score (nSPS) is 10.9. The maximum atomic E-state index is 8.86. The molecule has 0 saturated heterocycles. The number of nitrogens with one attached hydrogen (secondary N) is 1. The van der Waals surface area contributed by atoms with E-state index in [2.05, 4.69) is 37.1 Å². The molecule has 1 rings (SSSR count). The van der Waals surface area contributed by atoms with Gasteiger partial charge in [0.25, 0.3) is 0 Å². The van der Waals surface area contributed by atoms with Crippen LogP contribution in [0.3, 0.4) is 0 Å². The van der Waals surface area contributed by atoms with Gasteiger partial charge in [0.05, 0.1) is 11.6 Å². The van der Waals surface area contributed by atoms with E-state index in [1.807, 2.05) is 6.92 Å². The number of hydrogen-bond donors (Lipinski definition) is 1. The molecule has 0 spiro atoms. The predicted octanol–water partition coefficient (Wildman–Crippen LogP) is 3.11. The molecule has 1 heterocycles. The topological polar surface area (TPSA) is 48.7 Å². The zero-order chi connectivity index (χ0) is 12.2. The van der Waals surface area contributed by atoms with Gasteiger partial charge in [-0.3, -0.25) is 0 Å². The van der Waals surface area contributed by atoms with Crippen molar-refractivity contribution in [3.8, 4) is 6.07 Å². The summed E-state index contributed by atoms with van der Waals surface area (Å²) in [4.78, 5) is 4.36. The van der Waals surface area contributed by atoms with Gasteiger partial charge in [-0.1, -0.05) is 20.8 Å². The second-order valence-electron chi connectivity index (χ2n) is 4.87. The van der Waals surface area contributed by atoms with E-state index in [4.69, 9.17) is 5.26 Å². The molecule has 0 atom stereocenters. The van der Waals surface area contributed by atoms with Crippen LogP contribution in [0.1, 0.15) is 38.4 Å². The monoisotopic (exact) mass is 217 g/mol. The van der Waals surface area contributed by atoms with Gasteiger partial charge in [0.2, 0.25) is 0 Å². The first-order valence-corrected chi connectivity index (χ1v) is 5.59. The van der Waals surface area contributed by atoms with Crippen molar-refractivity contribution >= 4 is 5.82 Å². The average molecular weight is 217 g/mol. The lowest BCUT2D eigenvalue weighted by Gasteiger charge is -2.23. The van der Waals surface area contributed by atoms with Crippen LogP contribution < -0.4 is 5.32 Å². The zero-order valence-electron chi connectivity index (χ0n) is 10.5. The van der Waals surface area contributed by atoms with Crippen LogP contribution >= 0.6 is 0 Å². The molecule has 16 heavy (non-hydrogen) atoms. The van der Waals surface area contributed by atoms with Gasteiger partial charge in [0, 0.05) is 12.2 Å². The summed E-state index contributed by atoms with van der Waals surface area (Å²) in [6.45, 7) is 9.36.